The molecule has 0 aromatic carbocycles. The molecule has 0 aliphatic carbocycles. The van der Waals surface area contributed by atoms with E-state index < -0.39 is 17.8 Å². The Balaban J connectivity index is 1.58. The highest BCUT2D eigenvalue weighted by atomic mass is 19.3. The van der Waals surface area contributed by atoms with Crippen LogP contribution in [0.3, 0.4) is 0 Å². The van der Waals surface area contributed by atoms with Gasteiger partial charge in [-0.05, 0) is 38.8 Å². The van der Waals surface area contributed by atoms with Crippen LogP contribution in [0.25, 0.3) is 5.70 Å². The highest BCUT2D eigenvalue weighted by Crippen LogP contribution is 2.31. The number of piperidine rings is 1. The fraction of sp³-hybridized carbons (Fsp3) is 0.476. The van der Waals surface area contributed by atoms with Crippen molar-refractivity contribution in [3.63, 3.8) is 0 Å². The molecule has 9 heteroatoms. The van der Waals surface area contributed by atoms with Crippen LogP contribution in [0.2, 0.25) is 0 Å². The van der Waals surface area contributed by atoms with E-state index in [1.807, 2.05) is 32.2 Å². The second kappa shape index (κ2) is 9.53. The van der Waals surface area contributed by atoms with Crippen LogP contribution in [0.4, 0.5) is 19.0 Å². The molecule has 6 nitrogen and oxygen atoms in total. The van der Waals surface area contributed by atoms with Gasteiger partial charge in [0.2, 0.25) is 0 Å². The molecule has 164 valence electrons. The molecular weight excluding hydrogens is 393 g/mol. The SMILES string of the molecule is CC=Nc1[nH]ccc1/C(=C/C)N(N)C1CCN(CC(F)(F)C2C=CC(F)=CN2)CC1. The summed E-state index contributed by atoms with van der Waals surface area (Å²) in [6, 6.07) is 0.760. The van der Waals surface area contributed by atoms with Crippen molar-refractivity contribution in [1.29, 1.82) is 0 Å². The Morgan fingerprint density at radius 1 is 1.37 bits per heavy atom. The molecule has 1 unspecified atom stereocenters. The Labute approximate surface area is 175 Å². The number of hydrazine groups is 1. The van der Waals surface area contributed by atoms with Gasteiger partial charge in [0.25, 0.3) is 5.92 Å². The summed E-state index contributed by atoms with van der Waals surface area (Å²) in [5.74, 6) is 3.61. The Hall–Kier alpha value is -2.52. The number of aromatic amines is 1. The van der Waals surface area contributed by atoms with E-state index in [1.165, 1.54) is 6.08 Å². The van der Waals surface area contributed by atoms with Crippen molar-refractivity contribution >= 4 is 17.7 Å². The maximum atomic E-state index is 14.6. The second-order valence-corrected chi connectivity index (χ2v) is 7.51. The number of hydrogen-bond donors (Lipinski definition) is 3. The van der Waals surface area contributed by atoms with E-state index in [1.54, 1.807) is 16.1 Å². The lowest BCUT2D eigenvalue weighted by molar-refractivity contribution is -0.0549. The minimum absolute atomic E-state index is 0.0409. The molecule has 3 heterocycles. The molecule has 2 aliphatic rings. The number of aromatic nitrogens is 1. The van der Waals surface area contributed by atoms with Gasteiger partial charge in [-0.25, -0.2) is 24.0 Å². The van der Waals surface area contributed by atoms with E-state index in [0.29, 0.717) is 25.9 Å². The van der Waals surface area contributed by atoms with E-state index in [4.69, 9.17) is 5.84 Å². The standard InChI is InChI=1S/C21H29F3N6/c1-3-18(17-7-10-27-20(17)26-4-2)30(25)16-8-11-29(12-9-16)14-21(23,24)19-6-5-15(22)13-28-19/h3-7,10,13,16,19,27-28H,8-9,11-12,14,25H2,1-2H3/b18-3-,26-4?. The monoisotopic (exact) mass is 422 g/mol. The summed E-state index contributed by atoms with van der Waals surface area (Å²) in [5, 5.41) is 4.16. The summed E-state index contributed by atoms with van der Waals surface area (Å²) in [7, 11) is 0. The minimum Gasteiger partial charge on any atom is -0.377 e. The van der Waals surface area contributed by atoms with Crippen LogP contribution < -0.4 is 11.2 Å². The van der Waals surface area contributed by atoms with Gasteiger partial charge in [0.1, 0.15) is 17.7 Å². The lowest BCUT2D eigenvalue weighted by Gasteiger charge is -2.40. The van der Waals surface area contributed by atoms with Gasteiger partial charge in [0.05, 0.1) is 12.2 Å². The van der Waals surface area contributed by atoms with Crippen molar-refractivity contribution in [2.75, 3.05) is 19.6 Å². The minimum atomic E-state index is -3.00. The topological polar surface area (TPSA) is 72.7 Å². The highest BCUT2D eigenvalue weighted by Gasteiger charge is 2.41. The van der Waals surface area contributed by atoms with Gasteiger partial charge in [-0.3, -0.25) is 4.90 Å². The molecule has 30 heavy (non-hydrogen) atoms. The molecule has 0 radical (unpaired) electrons. The lowest BCUT2D eigenvalue weighted by Crippen LogP contribution is -2.53. The Kier molecular flexibility index (Phi) is 7.04. The van der Waals surface area contributed by atoms with Crippen molar-refractivity contribution in [2.24, 2.45) is 10.8 Å². The molecule has 0 saturated carbocycles. The van der Waals surface area contributed by atoms with Crippen LogP contribution >= 0.6 is 0 Å². The molecule has 1 aromatic heterocycles. The number of nitrogens with zero attached hydrogens (tertiary/aromatic N) is 3. The molecular formula is C21H29F3N6. The number of alkyl halides is 2. The number of nitrogens with two attached hydrogens (primary N) is 1. The average Bonchev–Trinajstić information content (AvgIpc) is 3.17. The zero-order chi connectivity index (χ0) is 21.7. The zero-order valence-corrected chi connectivity index (χ0v) is 17.3. The molecule has 1 atom stereocenters. The van der Waals surface area contributed by atoms with Gasteiger partial charge in [0, 0.05) is 43.3 Å². The number of H-pyrrole nitrogens is 1. The number of hydrogen-bond acceptors (Lipinski definition) is 5. The number of aliphatic imine (C=N–C) groups is 1. The first-order valence-electron chi connectivity index (χ1n) is 10.1. The number of rotatable bonds is 7. The molecule has 0 amide bonds. The lowest BCUT2D eigenvalue weighted by atomic mass is 10.0. The van der Waals surface area contributed by atoms with Crippen LogP contribution in [0.5, 0.6) is 0 Å². The van der Waals surface area contributed by atoms with Crippen molar-refractivity contribution < 1.29 is 13.2 Å². The predicted molar refractivity (Wildman–Crippen MR) is 114 cm³/mol. The summed E-state index contributed by atoms with van der Waals surface area (Å²) < 4.78 is 42.2. The number of nitrogens with one attached hydrogen (secondary N) is 2. The third-order valence-corrected chi connectivity index (χ3v) is 5.50. The van der Waals surface area contributed by atoms with E-state index in [0.717, 1.165) is 29.4 Å². The molecule has 4 N–H and O–H groups in total. The quantitative estimate of drug-likeness (QED) is 0.356. The van der Waals surface area contributed by atoms with Crippen molar-refractivity contribution in [3.8, 4) is 0 Å². The van der Waals surface area contributed by atoms with Crippen LogP contribution in [-0.2, 0) is 0 Å². The largest absolute Gasteiger partial charge is 0.377 e. The van der Waals surface area contributed by atoms with Crippen LogP contribution in [0, 0.1) is 0 Å². The maximum absolute atomic E-state index is 14.6. The smallest absolute Gasteiger partial charge is 0.283 e. The molecule has 0 bridgehead atoms. The Morgan fingerprint density at radius 2 is 2.10 bits per heavy atom. The van der Waals surface area contributed by atoms with Gasteiger partial charge in [-0.2, -0.15) is 0 Å². The molecule has 3 rings (SSSR count). The number of allylic oxidation sites excluding steroid dienone is 3. The van der Waals surface area contributed by atoms with E-state index in [9.17, 15) is 13.2 Å². The van der Waals surface area contributed by atoms with Crippen molar-refractivity contribution in [1.82, 2.24) is 20.2 Å². The summed E-state index contributed by atoms with van der Waals surface area (Å²) in [6.07, 6.45) is 10.0. The van der Waals surface area contributed by atoms with E-state index in [2.05, 4.69) is 15.3 Å². The first-order chi connectivity index (χ1) is 14.4. The van der Waals surface area contributed by atoms with Crippen molar-refractivity contribution in [2.45, 2.75) is 44.7 Å². The molecule has 1 aromatic rings. The van der Waals surface area contributed by atoms with Gasteiger partial charge < -0.3 is 15.3 Å². The zero-order valence-electron chi connectivity index (χ0n) is 17.3. The second-order valence-electron chi connectivity index (χ2n) is 7.51. The fourth-order valence-electron chi connectivity index (χ4n) is 3.92. The first kappa shape index (κ1) is 22.2. The summed E-state index contributed by atoms with van der Waals surface area (Å²) in [6.45, 7) is 4.40. The first-order valence-corrected chi connectivity index (χ1v) is 10.1. The Morgan fingerprint density at radius 3 is 2.70 bits per heavy atom. The third kappa shape index (κ3) is 4.96. The Bertz CT molecular complexity index is 834. The fourth-order valence-corrected chi connectivity index (χ4v) is 3.92. The summed E-state index contributed by atoms with van der Waals surface area (Å²) >= 11 is 0. The molecule has 2 aliphatic heterocycles. The van der Waals surface area contributed by atoms with Crippen LogP contribution in [0.1, 0.15) is 32.3 Å². The van der Waals surface area contributed by atoms with E-state index >= 15 is 0 Å². The van der Waals surface area contributed by atoms with Gasteiger partial charge in [-0.15, -0.1) is 0 Å². The molecule has 1 saturated heterocycles. The number of halogens is 3. The van der Waals surface area contributed by atoms with E-state index in [-0.39, 0.29) is 12.6 Å². The van der Waals surface area contributed by atoms with Crippen LogP contribution in [0.15, 0.2) is 47.5 Å². The number of likely N-dealkylation sites (tertiary alicyclic amines) is 1. The van der Waals surface area contributed by atoms with Gasteiger partial charge in [0.15, 0.2) is 0 Å². The predicted octanol–water partition coefficient (Wildman–Crippen LogP) is 3.71. The molecule has 1 fully saturated rings. The van der Waals surface area contributed by atoms with Crippen LogP contribution in [-0.4, -0.2) is 58.7 Å². The third-order valence-electron chi connectivity index (χ3n) is 5.50. The highest BCUT2D eigenvalue weighted by molar-refractivity contribution is 5.74. The average molecular weight is 422 g/mol. The maximum Gasteiger partial charge on any atom is 0.283 e. The van der Waals surface area contributed by atoms with Gasteiger partial charge >= 0.3 is 0 Å². The normalized spacial score (nSPS) is 21.7. The summed E-state index contributed by atoms with van der Waals surface area (Å²) in [4.78, 5) is 9.17. The number of dihydropyridines is 1. The van der Waals surface area contributed by atoms with Gasteiger partial charge in [-0.1, -0.05) is 12.2 Å². The van der Waals surface area contributed by atoms with Crippen molar-refractivity contribution in [3.05, 3.63) is 48.1 Å². The summed E-state index contributed by atoms with van der Waals surface area (Å²) in [5.41, 5.74) is 1.76. The molecule has 0 spiro atoms.